The Balaban J connectivity index is 2.10. The van der Waals surface area contributed by atoms with E-state index in [2.05, 4.69) is 37.4 Å². The molecule has 118 valence electrons. The Hall–Kier alpha value is -1.06. The van der Waals surface area contributed by atoms with E-state index in [4.69, 9.17) is 9.47 Å². The third-order valence-electron chi connectivity index (χ3n) is 4.39. The zero-order valence-corrected chi connectivity index (χ0v) is 13.7. The lowest BCUT2D eigenvalue weighted by Gasteiger charge is -2.28. The van der Waals surface area contributed by atoms with E-state index in [1.54, 1.807) is 7.11 Å². The van der Waals surface area contributed by atoms with Gasteiger partial charge in [-0.05, 0) is 62.3 Å². The summed E-state index contributed by atoms with van der Waals surface area (Å²) in [5, 5.41) is 3.71. The first kappa shape index (κ1) is 16.3. The monoisotopic (exact) mass is 291 g/mol. The van der Waals surface area contributed by atoms with Gasteiger partial charge in [0.2, 0.25) is 0 Å². The summed E-state index contributed by atoms with van der Waals surface area (Å²) in [5.41, 5.74) is 2.54. The normalized spacial score (nSPS) is 17.7. The van der Waals surface area contributed by atoms with E-state index in [0.29, 0.717) is 6.04 Å². The van der Waals surface area contributed by atoms with Gasteiger partial charge in [0.25, 0.3) is 0 Å². The van der Waals surface area contributed by atoms with E-state index in [1.165, 1.54) is 30.4 Å². The molecule has 0 aliphatic carbocycles. The Kier molecular flexibility index (Phi) is 6.52. The molecule has 3 nitrogen and oxygen atoms in total. The van der Waals surface area contributed by atoms with Crippen LogP contribution in [0.15, 0.2) is 18.2 Å². The summed E-state index contributed by atoms with van der Waals surface area (Å²) < 4.78 is 11.0. The number of rotatable bonds is 7. The van der Waals surface area contributed by atoms with Crippen LogP contribution in [-0.2, 0) is 4.74 Å². The van der Waals surface area contributed by atoms with Crippen LogP contribution in [0.1, 0.15) is 49.8 Å². The summed E-state index contributed by atoms with van der Waals surface area (Å²) in [6.07, 6.45) is 4.73. The molecule has 0 spiro atoms. The van der Waals surface area contributed by atoms with E-state index >= 15 is 0 Å². The van der Waals surface area contributed by atoms with E-state index in [0.717, 1.165) is 37.8 Å². The second-order valence-electron chi connectivity index (χ2n) is 6.03. The fraction of sp³-hybridized carbons (Fsp3) is 0.667. The van der Waals surface area contributed by atoms with Crippen molar-refractivity contribution in [3.05, 3.63) is 29.3 Å². The maximum Gasteiger partial charge on any atom is 0.122 e. The summed E-state index contributed by atoms with van der Waals surface area (Å²) in [4.78, 5) is 0. The third-order valence-corrected chi connectivity index (χ3v) is 4.39. The molecule has 0 amide bonds. The first-order chi connectivity index (χ1) is 10.2. The topological polar surface area (TPSA) is 30.5 Å². The molecule has 1 N–H and O–H groups in total. The zero-order valence-electron chi connectivity index (χ0n) is 13.7. The van der Waals surface area contributed by atoms with E-state index in [1.807, 2.05) is 0 Å². The number of hydrogen-bond acceptors (Lipinski definition) is 3. The SMILES string of the molecule is CCCNC(CC1CCOCC1)c1ccc(C)c(OC)c1. The second kappa shape index (κ2) is 8.40. The zero-order chi connectivity index (χ0) is 15.1. The third kappa shape index (κ3) is 4.72. The molecule has 1 unspecified atom stereocenters. The first-order valence-electron chi connectivity index (χ1n) is 8.20. The highest BCUT2D eigenvalue weighted by Gasteiger charge is 2.20. The van der Waals surface area contributed by atoms with Crippen molar-refractivity contribution in [3.63, 3.8) is 0 Å². The molecule has 1 aliphatic heterocycles. The molecule has 1 fully saturated rings. The molecule has 1 saturated heterocycles. The number of aryl methyl sites for hydroxylation is 1. The molecule has 1 aromatic carbocycles. The Bertz CT molecular complexity index is 427. The van der Waals surface area contributed by atoms with Crippen LogP contribution >= 0.6 is 0 Å². The summed E-state index contributed by atoms with van der Waals surface area (Å²) in [7, 11) is 1.75. The molecule has 3 heteroatoms. The molecule has 1 atom stereocenters. The number of methoxy groups -OCH3 is 1. The molecule has 0 radical (unpaired) electrons. The molecule has 0 aromatic heterocycles. The average Bonchev–Trinajstić information content (AvgIpc) is 2.53. The predicted molar refractivity (Wildman–Crippen MR) is 86.9 cm³/mol. The molecule has 2 rings (SSSR count). The molecule has 0 saturated carbocycles. The second-order valence-corrected chi connectivity index (χ2v) is 6.03. The van der Waals surface area contributed by atoms with Gasteiger partial charge >= 0.3 is 0 Å². The molecule has 1 aliphatic rings. The van der Waals surface area contributed by atoms with Crippen molar-refractivity contribution in [2.75, 3.05) is 26.9 Å². The van der Waals surface area contributed by atoms with Crippen molar-refractivity contribution in [3.8, 4) is 5.75 Å². The van der Waals surface area contributed by atoms with Crippen molar-refractivity contribution in [2.24, 2.45) is 5.92 Å². The van der Waals surface area contributed by atoms with Crippen LogP contribution in [0.4, 0.5) is 0 Å². The lowest BCUT2D eigenvalue weighted by molar-refractivity contribution is 0.0605. The van der Waals surface area contributed by atoms with Crippen LogP contribution in [-0.4, -0.2) is 26.9 Å². The summed E-state index contributed by atoms with van der Waals surface area (Å²) in [6, 6.07) is 7.02. The molecule has 21 heavy (non-hydrogen) atoms. The van der Waals surface area contributed by atoms with Gasteiger partial charge in [-0.2, -0.15) is 0 Å². The number of hydrogen-bond donors (Lipinski definition) is 1. The van der Waals surface area contributed by atoms with Gasteiger partial charge in [-0.1, -0.05) is 19.1 Å². The Labute approximate surface area is 129 Å². The standard InChI is InChI=1S/C18H29NO2/c1-4-9-19-17(12-15-7-10-21-11-8-15)16-6-5-14(2)18(13-16)20-3/h5-6,13,15,17,19H,4,7-12H2,1-3H3. The van der Waals surface area contributed by atoms with Gasteiger partial charge in [0.05, 0.1) is 7.11 Å². The smallest absolute Gasteiger partial charge is 0.122 e. The number of benzene rings is 1. The van der Waals surface area contributed by atoms with Crippen molar-refractivity contribution in [2.45, 2.75) is 45.6 Å². The average molecular weight is 291 g/mol. The lowest BCUT2D eigenvalue weighted by Crippen LogP contribution is -2.27. The Morgan fingerprint density at radius 3 is 2.76 bits per heavy atom. The highest BCUT2D eigenvalue weighted by atomic mass is 16.5. The van der Waals surface area contributed by atoms with Gasteiger partial charge in [-0.15, -0.1) is 0 Å². The fourth-order valence-electron chi connectivity index (χ4n) is 3.02. The maximum atomic E-state index is 5.48. The van der Waals surface area contributed by atoms with E-state index < -0.39 is 0 Å². The van der Waals surface area contributed by atoms with E-state index in [-0.39, 0.29) is 0 Å². The minimum atomic E-state index is 0.419. The van der Waals surface area contributed by atoms with Gasteiger partial charge in [-0.3, -0.25) is 0 Å². The highest BCUT2D eigenvalue weighted by molar-refractivity contribution is 5.37. The minimum absolute atomic E-state index is 0.419. The highest BCUT2D eigenvalue weighted by Crippen LogP contribution is 2.30. The van der Waals surface area contributed by atoms with Crippen LogP contribution < -0.4 is 10.1 Å². The van der Waals surface area contributed by atoms with Gasteiger partial charge in [0.1, 0.15) is 5.75 Å². The lowest BCUT2D eigenvalue weighted by atomic mass is 9.89. The Morgan fingerprint density at radius 1 is 1.33 bits per heavy atom. The van der Waals surface area contributed by atoms with Crippen LogP contribution in [0.5, 0.6) is 5.75 Å². The Morgan fingerprint density at radius 2 is 2.10 bits per heavy atom. The van der Waals surface area contributed by atoms with Crippen molar-refractivity contribution >= 4 is 0 Å². The molecular weight excluding hydrogens is 262 g/mol. The predicted octanol–water partition coefficient (Wildman–Crippen LogP) is 3.86. The minimum Gasteiger partial charge on any atom is -0.496 e. The fourth-order valence-corrected chi connectivity index (χ4v) is 3.02. The van der Waals surface area contributed by atoms with Crippen LogP contribution in [0.3, 0.4) is 0 Å². The van der Waals surface area contributed by atoms with Gasteiger partial charge in [0.15, 0.2) is 0 Å². The van der Waals surface area contributed by atoms with Gasteiger partial charge in [-0.25, -0.2) is 0 Å². The quantitative estimate of drug-likeness (QED) is 0.827. The van der Waals surface area contributed by atoms with Crippen LogP contribution in [0.25, 0.3) is 0 Å². The summed E-state index contributed by atoms with van der Waals surface area (Å²) in [5.74, 6) is 1.75. The van der Waals surface area contributed by atoms with Crippen molar-refractivity contribution < 1.29 is 9.47 Å². The van der Waals surface area contributed by atoms with Crippen LogP contribution in [0.2, 0.25) is 0 Å². The maximum absolute atomic E-state index is 5.48. The largest absolute Gasteiger partial charge is 0.496 e. The first-order valence-corrected chi connectivity index (χ1v) is 8.20. The van der Waals surface area contributed by atoms with E-state index in [9.17, 15) is 0 Å². The summed E-state index contributed by atoms with van der Waals surface area (Å²) in [6.45, 7) is 7.21. The molecule has 1 aromatic rings. The summed E-state index contributed by atoms with van der Waals surface area (Å²) >= 11 is 0. The molecule has 1 heterocycles. The number of nitrogens with one attached hydrogen (secondary N) is 1. The molecular formula is C18H29NO2. The van der Waals surface area contributed by atoms with Crippen LogP contribution in [0, 0.1) is 12.8 Å². The van der Waals surface area contributed by atoms with Gasteiger partial charge < -0.3 is 14.8 Å². The van der Waals surface area contributed by atoms with Gasteiger partial charge in [0, 0.05) is 19.3 Å². The number of ether oxygens (including phenoxy) is 2. The van der Waals surface area contributed by atoms with Crippen molar-refractivity contribution in [1.82, 2.24) is 5.32 Å². The molecule has 0 bridgehead atoms. The van der Waals surface area contributed by atoms with Crippen molar-refractivity contribution in [1.29, 1.82) is 0 Å².